The van der Waals surface area contributed by atoms with Crippen molar-refractivity contribution in [3.05, 3.63) is 69.7 Å². The Bertz CT molecular complexity index is 1060. The summed E-state index contributed by atoms with van der Waals surface area (Å²) >= 11 is 12.5. The van der Waals surface area contributed by atoms with E-state index in [1.54, 1.807) is 24.3 Å². The van der Waals surface area contributed by atoms with Gasteiger partial charge in [-0.25, -0.2) is 0 Å². The first-order valence-corrected chi connectivity index (χ1v) is 12.5. The van der Waals surface area contributed by atoms with E-state index in [1.165, 1.54) is 0 Å². The number of halogens is 2. The number of aliphatic hydroxyl groups excluding tert-OH is 2. The predicted octanol–water partition coefficient (Wildman–Crippen LogP) is 4.03. The first-order valence-electron chi connectivity index (χ1n) is 11.7. The highest BCUT2D eigenvalue weighted by Gasteiger charge is 2.59. The fourth-order valence-corrected chi connectivity index (χ4v) is 5.32. The molecule has 0 aliphatic carbocycles. The molecule has 1 fully saturated rings. The minimum absolute atomic E-state index is 0.122. The van der Waals surface area contributed by atoms with Gasteiger partial charge < -0.3 is 20.8 Å². The van der Waals surface area contributed by atoms with Crippen molar-refractivity contribution in [1.29, 1.82) is 5.26 Å². The number of benzene rings is 2. The van der Waals surface area contributed by atoms with E-state index < -0.39 is 23.3 Å². The quantitative estimate of drug-likeness (QED) is 0.423. The monoisotopic (exact) mass is 517 g/mol. The molecule has 2 aromatic rings. The zero-order chi connectivity index (χ0) is 25.8. The van der Waals surface area contributed by atoms with Crippen molar-refractivity contribution in [2.24, 2.45) is 11.3 Å². The highest BCUT2D eigenvalue weighted by atomic mass is 35.5. The van der Waals surface area contributed by atoms with Crippen LogP contribution in [-0.2, 0) is 10.2 Å². The Morgan fingerprint density at radius 2 is 1.80 bits per heavy atom. The Balaban J connectivity index is 2.17. The lowest BCUT2D eigenvalue weighted by molar-refractivity contribution is -0.123. The Labute approximate surface area is 217 Å². The molecule has 0 radical (unpaired) electrons. The van der Waals surface area contributed by atoms with Crippen LogP contribution in [0.1, 0.15) is 44.2 Å². The molecule has 4 N–H and O–H groups in total. The molecule has 8 heteroatoms. The van der Waals surface area contributed by atoms with Crippen molar-refractivity contribution in [3.8, 4) is 6.07 Å². The lowest BCUT2D eigenvalue weighted by Crippen LogP contribution is -2.47. The summed E-state index contributed by atoms with van der Waals surface area (Å²) in [6.45, 7) is 5.95. The Morgan fingerprint density at radius 3 is 2.34 bits per heavy atom. The van der Waals surface area contributed by atoms with Crippen molar-refractivity contribution in [1.82, 2.24) is 10.6 Å². The SMILES string of the molecule is CC(C)(C)C[C@@H]1N[C@@H](C(=O)NCC(CO)CO)[C@H](c2cccc(Cl)c2)[C@@]1(C#N)c1ccc(Cl)cc1. The average Bonchev–Trinajstić information content (AvgIpc) is 3.13. The summed E-state index contributed by atoms with van der Waals surface area (Å²) in [5.74, 6) is -1.32. The van der Waals surface area contributed by atoms with Crippen LogP contribution in [0.4, 0.5) is 0 Å². The average molecular weight is 518 g/mol. The minimum Gasteiger partial charge on any atom is -0.396 e. The summed E-state index contributed by atoms with van der Waals surface area (Å²) in [7, 11) is 0. The van der Waals surface area contributed by atoms with Gasteiger partial charge in [0, 0.05) is 47.7 Å². The second kappa shape index (κ2) is 11.3. The second-order valence-electron chi connectivity index (χ2n) is 10.5. The van der Waals surface area contributed by atoms with Crippen molar-refractivity contribution in [2.75, 3.05) is 19.8 Å². The third-order valence-corrected chi connectivity index (χ3v) is 7.14. The molecule has 1 aliphatic heterocycles. The highest BCUT2D eigenvalue weighted by molar-refractivity contribution is 6.30. The molecule has 1 saturated heterocycles. The Hall–Kier alpha value is -2.14. The maximum absolute atomic E-state index is 13.6. The van der Waals surface area contributed by atoms with E-state index in [1.807, 2.05) is 24.3 Å². The molecule has 0 spiro atoms. The third kappa shape index (κ3) is 5.99. The van der Waals surface area contributed by atoms with E-state index in [0.717, 1.165) is 11.1 Å². The summed E-state index contributed by atoms with van der Waals surface area (Å²) in [5, 5.41) is 37.1. The van der Waals surface area contributed by atoms with Crippen LogP contribution in [0.3, 0.4) is 0 Å². The zero-order valence-corrected chi connectivity index (χ0v) is 21.8. The van der Waals surface area contributed by atoms with E-state index in [9.17, 15) is 20.3 Å². The van der Waals surface area contributed by atoms with Gasteiger partial charge in [0.15, 0.2) is 0 Å². The first kappa shape index (κ1) is 27.4. The topological polar surface area (TPSA) is 105 Å². The molecule has 1 heterocycles. The molecule has 1 amide bonds. The fraction of sp³-hybridized carbons (Fsp3) is 0.481. The Kier molecular flexibility index (Phi) is 8.85. The van der Waals surface area contributed by atoms with E-state index in [0.29, 0.717) is 16.5 Å². The van der Waals surface area contributed by atoms with Crippen molar-refractivity contribution in [2.45, 2.75) is 50.6 Å². The fourth-order valence-electron chi connectivity index (χ4n) is 5.00. The minimum atomic E-state index is -1.09. The molecule has 3 rings (SSSR count). The highest BCUT2D eigenvalue weighted by Crippen LogP contribution is 2.51. The van der Waals surface area contributed by atoms with Gasteiger partial charge in [0.05, 0.1) is 12.1 Å². The molecule has 35 heavy (non-hydrogen) atoms. The molecule has 6 nitrogen and oxygen atoms in total. The van der Waals surface area contributed by atoms with Crippen molar-refractivity contribution in [3.63, 3.8) is 0 Å². The van der Waals surface area contributed by atoms with Crippen LogP contribution in [0.15, 0.2) is 48.5 Å². The lowest BCUT2D eigenvalue weighted by Gasteiger charge is -2.37. The molecule has 2 aromatic carbocycles. The number of aliphatic hydroxyl groups is 2. The number of hydrogen-bond donors (Lipinski definition) is 4. The molecular formula is C27H33Cl2N3O3. The maximum atomic E-state index is 13.6. The standard InChI is InChI=1S/C27H33Cl2N3O3/c1-26(2,3)12-22-27(16-30,19-7-9-20(28)10-8-19)23(18-5-4-6-21(29)11-18)24(32-22)25(35)31-13-17(14-33)15-34/h4-11,17,22-24,32-34H,12-15H2,1-3H3,(H,31,35)/t22-,23-,24+,27-/m0/s1. The number of nitriles is 1. The van der Waals surface area contributed by atoms with E-state index in [-0.39, 0.29) is 37.1 Å². The number of rotatable bonds is 8. The molecule has 0 bridgehead atoms. The van der Waals surface area contributed by atoms with Crippen LogP contribution in [0.5, 0.6) is 0 Å². The number of carbonyl (C=O) groups is 1. The maximum Gasteiger partial charge on any atom is 0.237 e. The van der Waals surface area contributed by atoms with Crippen LogP contribution >= 0.6 is 23.2 Å². The summed E-state index contributed by atoms with van der Waals surface area (Å²) in [4.78, 5) is 13.6. The summed E-state index contributed by atoms with van der Waals surface area (Å²) in [5.41, 5.74) is 0.335. The van der Waals surface area contributed by atoms with Gasteiger partial charge >= 0.3 is 0 Å². The number of hydrogen-bond acceptors (Lipinski definition) is 5. The van der Waals surface area contributed by atoms with Gasteiger partial charge in [-0.1, -0.05) is 68.2 Å². The van der Waals surface area contributed by atoms with Gasteiger partial charge in [0.1, 0.15) is 5.41 Å². The molecule has 4 atom stereocenters. The van der Waals surface area contributed by atoms with E-state index in [2.05, 4.69) is 37.5 Å². The van der Waals surface area contributed by atoms with Crippen molar-refractivity contribution < 1.29 is 15.0 Å². The predicted molar refractivity (Wildman–Crippen MR) is 138 cm³/mol. The van der Waals surface area contributed by atoms with Gasteiger partial charge in [-0.15, -0.1) is 0 Å². The molecule has 0 saturated carbocycles. The smallest absolute Gasteiger partial charge is 0.237 e. The van der Waals surface area contributed by atoms with Gasteiger partial charge in [-0.2, -0.15) is 5.26 Å². The van der Waals surface area contributed by atoms with Crippen molar-refractivity contribution >= 4 is 29.1 Å². The van der Waals surface area contributed by atoms with Gasteiger partial charge in [0.2, 0.25) is 5.91 Å². The van der Waals surface area contributed by atoms with E-state index >= 15 is 0 Å². The molecule has 188 valence electrons. The molecule has 0 aromatic heterocycles. The lowest BCUT2D eigenvalue weighted by atomic mass is 9.63. The molecular weight excluding hydrogens is 485 g/mol. The largest absolute Gasteiger partial charge is 0.396 e. The van der Waals surface area contributed by atoms with Crippen LogP contribution in [0.25, 0.3) is 0 Å². The summed E-state index contributed by atoms with van der Waals surface area (Å²) in [6.07, 6.45) is 0.639. The number of nitrogens with one attached hydrogen (secondary N) is 2. The van der Waals surface area contributed by atoms with E-state index in [4.69, 9.17) is 23.2 Å². The second-order valence-corrected chi connectivity index (χ2v) is 11.3. The number of carbonyl (C=O) groups excluding carboxylic acids is 1. The number of nitrogens with zero attached hydrogens (tertiary/aromatic N) is 1. The van der Waals surface area contributed by atoms with Gasteiger partial charge in [0.25, 0.3) is 0 Å². The molecule has 0 unspecified atom stereocenters. The third-order valence-electron chi connectivity index (χ3n) is 6.65. The van der Waals surface area contributed by atoms with Crippen LogP contribution < -0.4 is 10.6 Å². The van der Waals surface area contributed by atoms with Gasteiger partial charge in [-0.05, 0) is 47.2 Å². The van der Waals surface area contributed by atoms with Crippen LogP contribution in [0.2, 0.25) is 10.0 Å². The van der Waals surface area contributed by atoms with Gasteiger partial charge in [-0.3, -0.25) is 4.79 Å². The first-order chi connectivity index (χ1) is 16.6. The zero-order valence-electron chi connectivity index (χ0n) is 20.3. The number of amides is 1. The van der Waals surface area contributed by atoms with Crippen LogP contribution in [0, 0.1) is 22.7 Å². The normalized spacial score (nSPS) is 24.4. The Morgan fingerprint density at radius 1 is 1.14 bits per heavy atom. The molecule has 1 aliphatic rings. The van der Waals surface area contributed by atoms with Crippen LogP contribution in [-0.4, -0.2) is 48.0 Å². The summed E-state index contributed by atoms with van der Waals surface area (Å²) < 4.78 is 0. The summed E-state index contributed by atoms with van der Waals surface area (Å²) in [6, 6.07) is 16.0.